The van der Waals surface area contributed by atoms with Gasteiger partial charge in [0, 0.05) is 6.54 Å². The zero-order valence-corrected chi connectivity index (χ0v) is 5.18. The Morgan fingerprint density at radius 1 is 1.75 bits per heavy atom. The molecule has 0 heterocycles. The van der Waals surface area contributed by atoms with Gasteiger partial charge in [0.15, 0.2) is 0 Å². The first-order valence-corrected chi connectivity index (χ1v) is 2.56. The minimum atomic E-state index is 0.337. The number of hydrogen-bond acceptors (Lipinski definition) is 4. The molecule has 8 heavy (non-hydrogen) atoms. The molecule has 0 unspecified atom stereocenters. The van der Waals surface area contributed by atoms with Crippen molar-refractivity contribution in [1.29, 1.82) is 0 Å². The van der Waals surface area contributed by atoms with Gasteiger partial charge in [-0.3, -0.25) is 4.84 Å². The molecule has 0 aliphatic heterocycles. The second kappa shape index (κ2) is 4.99. The van der Waals surface area contributed by atoms with Crippen LogP contribution in [0.15, 0.2) is 0 Å². The Labute approximate surface area is 48.9 Å². The molecule has 4 nitrogen and oxygen atoms in total. The topological polar surface area (TPSA) is 47.6 Å². The van der Waals surface area contributed by atoms with Crippen molar-refractivity contribution in [1.82, 2.24) is 10.8 Å². The summed E-state index contributed by atoms with van der Waals surface area (Å²) in [6.07, 6.45) is 0.919. The third kappa shape index (κ3) is 4.01. The Morgan fingerprint density at radius 3 is 2.75 bits per heavy atom. The lowest BCUT2D eigenvalue weighted by molar-refractivity contribution is -0.128. The Bertz CT molecular complexity index is 51.3. The normalized spacial score (nSPS) is 10.5. The SMILES string of the molecule is CCCNN([O-])OC. The van der Waals surface area contributed by atoms with Gasteiger partial charge in [0.25, 0.3) is 0 Å². The molecular formula is C4H11N2O2-. The minimum Gasteiger partial charge on any atom is -0.748 e. The highest BCUT2D eigenvalue weighted by Gasteiger charge is 1.80. The lowest BCUT2D eigenvalue weighted by Gasteiger charge is -2.24. The lowest BCUT2D eigenvalue weighted by Crippen LogP contribution is -2.32. The first-order valence-electron chi connectivity index (χ1n) is 2.56. The first-order chi connectivity index (χ1) is 3.81. The molecule has 0 aromatic carbocycles. The summed E-state index contributed by atoms with van der Waals surface area (Å²) >= 11 is 0. The first kappa shape index (κ1) is 7.84. The van der Waals surface area contributed by atoms with Crippen LogP contribution in [0.3, 0.4) is 0 Å². The molecule has 0 bridgehead atoms. The van der Waals surface area contributed by atoms with Gasteiger partial charge in [-0.25, -0.2) is 5.43 Å². The molecule has 0 aliphatic rings. The predicted molar refractivity (Wildman–Crippen MR) is 30.5 cm³/mol. The third-order valence-corrected chi connectivity index (χ3v) is 0.657. The lowest BCUT2D eigenvalue weighted by atomic mass is 10.5. The van der Waals surface area contributed by atoms with Gasteiger partial charge in [0.1, 0.15) is 0 Å². The fourth-order valence-corrected chi connectivity index (χ4v) is 0.268. The van der Waals surface area contributed by atoms with Crippen LogP contribution >= 0.6 is 0 Å². The maximum absolute atomic E-state index is 10.2. The van der Waals surface area contributed by atoms with E-state index in [1.165, 1.54) is 7.11 Å². The summed E-state index contributed by atoms with van der Waals surface area (Å²) in [6.45, 7) is 2.62. The van der Waals surface area contributed by atoms with Crippen LogP contribution in [0.5, 0.6) is 0 Å². The smallest absolute Gasteiger partial charge is 0.0579 e. The van der Waals surface area contributed by atoms with Crippen LogP contribution in [0.1, 0.15) is 13.3 Å². The van der Waals surface area contributed by atoms with E-state index in [4.69, 9.17) is 0 Å². The maximum atomic E-state index is 10.2. The van der Waals surface area contributed by atoms with E-state index in [2.05, 4.69) is 10.3 Å². The Kier molecular flexibility index (Phi) is 4.89. The summed E-state index contributed by atoms with van der Waals surface area (Å²) < 4.78 is 0. The average Bonchev–Trinajstić information content (AvgIpc) is 1.83. The largest absolute Gasteiger partial charge is 0.748 e. The number of rotatable bonds is 4. The highest BCUT2D eigenvalue weighted by atomic mass is 16.9. The molecule has 0 aliphatic carbocycles. The van der Waals surface area contributed by atoms with E-state index in [0.29, 0.717) is 11.9 Å². The molecule has 0 fully saturated rings. The number of nitrogens with one attached hydrogen (secondary N) is 1. The summed E-state index contributed by atoms with van der Waals surface area (Å²) in [7, 11) is 1.32. The quantitative estimate of drug-likeness (QED) is 0.539. The number of nitrogens with zero attached hydrogens (tertiary/aromatic N) is 1. The van der Waals surface area contributed by atoms with Gasteiger partial charge in [0.2, 0.25) is 0 Å². The standard InChI is InChI=1S/C4H11N2O2/c1-3-4-5-6(7)8-2/h5H,3-4H2,1-2H3/q-1. The van der Waals surface area contributed by atoms with Crippen molar-refractivity contribution in [3.8, 4) is 0 Å². The summed E-state index contributed by atoms with van der Waals surface area (Å²) in [5, 5.41) is 10.5. The number of hydrazine groups is 1. The average molecular weight is 119 g/mol. The van der Waals surface area contributed by atoms with Gasteiger partial charge >= 0.3 is 0 Å². The fraction of sp³-hybridized carbons (Fsp3) is 1.00. The van der Waals surface area contributed by atoms with Crippen LogP contribution in [-0.2, 0) is 4.84 Å². The number of hydrogen-bond donors (Lipinski definition) is 1. The van der Waals surface area contributed by atoms with Crippen LogP contribution < -0.4 is 5.43 Å². The van der Waals surface area contributed by atoms with Crippen molar-refractivity contribution in [3.05, 3.63) is 5.21 Å². The molecular weight excluding hydrogens is 108 g/mol. The monoisotopic (exact) mass is 119 g/mol. The summed E-state index contributed by atoms with van der Waals surface area (Å²) in [5.41, 5.74) is 2.44. The fourth-order valence-electron chi connectivity index (χ4n) is 0.268. The predicted octanol–water partition coefficient (Wildman–Crippen LogP) is 0.262. The van der Waals surface area contributed by atoms with E-state index in [1.807, 2.05) is 6.92 Å². The van der Waals surface area contributed by atoms with Gasteiger partial charge in [-0.05, 0) is 6.42 Å². The van der Waals surface area contributed by atoms with E-state index in [9.17, 15) is 5.21 Å². The van der Waals surface area contributed by atoms with E-state index in [-0.39, 0.29) is 0 Å². The Balaban J connectivity index is 2.86. The second-order valence-corrected chi connectivity index (χ2v) is 1.35. The van der Waals surface area contributed by atoms with Crippen molar-refractivity contribution >= 4 is 0 Å². The summed E-state index contributed by atoms with van der Waals surface area (Å²) in [6, 6.07) is 0. The van der Waals surface area contributed by atoms with Gasteiger partial charge in [0.05, 0.1) is 7.11 Å². The molecule has 0 rings (SSSR count). The van der Waals surface area contributed by atoms with Crippen molar-refractivity contribution in [2.24, 2.45) is 0 Å². The van der Waals surface area contributed by atoms with Gasteiger partial charge in [-0.15, -0.1) is 0 Å². The molecule has 0 radical (unpaired) electrons. The summed E-state index contributed by atoms with van der Waals surface area (Å²) in [4.78, 5) is 4.22. The zero-order chi connectivity index (χ0) is 6.41. The van der Waals surface area contributed by atoms with Crippen LogP contribution in [0.25, 0.3) is 0 Å². The molecule has 4 heteroatoms. The van der Waals surface area contributed by atoms with Crippen LogP contribution in [0.2, 0.25) is 0 Å². The Hall–Kier alpha value is -0.160. The van der Waals surface area contributed by atoms with Crippen molar-refractivity contribution in [3.63, 3.8) is 0 Å². The van der Waals surface area contributed by atoms with E-state index in [1.54, 1.807) is 0 Å². The highest BCUT2D eigenvalue weighted by molar-refractivity contribution is 4.34. The van der Waals surface area contributed by atoms with E-state index in [0.717, 1.165) is 6.42 Å². The van der Waals surface area contributed by atoms with E-state index < -0.39 is 0 Å². The van der Waals surface area contributed by atoms with Gasteiger partial charge in [-0.1, -0.05) is 6.92 Å². The molecule has 1 N–H and O–H groups in total. The molecule has 0 aromatic rings. The molecule has 0 saturated heterocycles. The molecule has 0 saturated carbocycles. The van der Waals surface area contributed by atoms with Gasteiger partial charge < -0.3 is 5.21 Å². The maximum Gasteiger partial charge on any atom is 0.0579 e. The molecule has 0 amide bonds. The second-order valence-electron chi connectivity index (χ2n) is 1.35. The van der Waals surface area contributed by atoms with Crippen molar-refractivity contribution in [2.75, 3.05) is 13.7 Å². The third-order valence-electron chi connectivity index (χ3n) is 0.657. The molecule has 0 aromatic heterocycles. The zero-order valence-electron chi connectivity index (χ0n) is 5.18. The van der Waals surface area contributed by atoms with Crippen molar-refractivity contribution < 1.29 is 4.84 Å². The molecule has 50 valence electrons. The van der Waals surface area contributed by atoms with Crippen LogP contribution in [-0.4, -0.2) is 19.0 Å². The highest BCUT2D eigenvalue weighted by Crippen LogP contribution is 1.75. The van der Waals surface area contributed by atoms with Crippen LogP contribution in [0, 0.1) is 5.21 Å². The van der Waals surface area contributed by atoms with Crippen molar-refractivity contribution in [2.45, 2.75) is 13.3 Å². The molecule has 0 spiro atoms. The summed E-state index contributed by atoms with van der Waals surface area (Å²) in [5.74, 6) is 0. The Morgan fingerprint density at radius 2 is 2.38 bits per heavy atom. The van der Waals surface area contributed by atoms with Crippen LogP contribution in [0.4, 0.5) is 0 Å². The van der Waals surface area contributed by atoms with E-state index >= 15 is 0 Å². The molecule has 0 atom stereocenters. The minimum absolute atomic E-state index is 0.337. The van der Waals surface area contributed by atoms with Gasteiger partial charge in [-0.2, -0.15) is 5.34 Å².